The number of nitrogens with zero attached hydrogens (tertiary/aromatic N) is 3. The average Bonchev–Trinajstić information content (AvgIpc) is 2.83. The van der Waals surface area contributed by atoms with E-state index in [9.17, 15) is 0 Å². The first-order valence-corrected chi connectivity index (χ1v) is 9.41. The number of benzene rings is 1. The van der Waals surface area contributed by atoms with Gasteiger partial charge >= 0.3 is 0 Å². The van der Waals surface area contributed by atoms with Crippen LogP contribution in [0.15, 0.2) is 29.3 Å². The van der Waals surface area contributed by atoms with Crippen LogP contribution in [-0.2, 0) is 0 Å². The molecule has 0 amide bonds. The van der Waals surface area contributed by atoms with Gasteiger partial charge in [-0.1, -0.05) is 18.2 Å². The molecule has 138 valence electrons. The van der Waals surface area contributed by atoms with E-state index in [1.165, 1.54) is 25.1 Å². The summed E-state index contributed by atoms with van der Waals surface area (Å²) in [7, 11) is 2.20. The number of guanidine groups is 1. The summed E-state index contributed by atoms with van der Waals surface area (Å²) in [4.78, 5) is 9.47. The summed E-state index contributed by atoms with van der Waals surface area (Å²) < 4.78 is 5.69. The fraction of sp³-hybridized carbons (Fsp3) is 0.632. The van der Waals surface area contributed by atoms with E-state index in [1.54, 1.807) is 0 Å². The molecule has 0 aromatic heterocycles. The molecule has 1 fully saturated rings. The average molecular weight is 345 g/mol. The monoisotopic (exact) mass is 345 g/mol. The molecule has 1 unspecified atom stereocenters. The van der Waals surface area contributed by atoms with Crippen LogP contribution < -0.4 is 15.8 Å². The molecular formula is C19H31N5O. The molecule has 2 heterocycles. The van der Waals surface area contributed by atoms with E-state index in [0.717, 1.165) is 44.8 Å². The Balaban J connectivity index is 1.42. The maximum absolute atomic E-state index is 6.10. The van der Waals surface area contributed by atoms with Crippen molar-refractivity contribution in [2.75, 3.05) is 52.9 Å². The second-order valence-electron chi connectivity index (χ2n) is 6.99. The van der Waals surface area contributed by atoms with E-state index in [4.69, 9.17) is 10.5 Å². The topological polar surface area (TPSA) is 66.1 Å². The standard InChI is InChI=1S/C19H31N5O/c1-23-10-5-12-24(14-13-23)11-4-9-21-19(20)22-17-8-15-25-18-7-3-2-6-16(17)18/h2-3,6-7,17H,4-5,8-15H2,1H3,(H3,20,21,22). The van der Waals surface area contributed by atoms with Crippen LogP contribution in [0.5, 0.6) is 5.75 Å². The van der Waals surface area contributed by atoms with Crippen LogP contribution in [0.3, 0.4) is 0 Å². The third-order valence-electron chi connectivity index (χ3n) is 5.01. The molecule has 1 aromatic rings. The Morgan fingerprint density at radius 3 is 3.08 bits per heavy atom. The highest BCUT2D eigenvalue weighted by Crippen LogP contribution is 2.31. The number of aliphatic imine (C=N–C) groups is 1. The summed E-state index contributed by atoms with van der Waals surface area (Å²) in [6.07, 6.45) is 3.22. The van der Waals surface area contributed by atoms with Crippen molar-refractivity contribution in [1.82, 2.24) is 15.1 Å². The minimum atomic E-state index is 0.190. The Hall–Kier alpha value is -1.79. The normalized spacial score (nSPS) is 22.8. The number of nitrogens with two attached hydrogens (primary N) is 1. The fourth-order valence-corrected chi connectivity index (χ4v) is 3.53. The SMILES string of the molecule is CN1CCCN(CCCN=C(N)NC2CCOc3ccccc32)CC1. The lowest BCUT2D eigenvalue weighted by molar-refractivity contribution is 0.262. The maximum Gasteiger partial charge on any atom is 0.189 e. The number of hydrogen-bond acceptors (Lipinski definition) is 4. The van der Waals surface area contributed by atoms with Crippen LogP contribution in [-0.4, -0.2) is 68.7 Å². The summed E-state index contributed by atoms with van der Waals surface area (Å²) in [5.74, 6) is 1.49. The molecular weight excluding hydrogens is 314 g/mol. The van der Waals surface area contributed by atoms with Crippen LogP contribution in [0.1, 0.15) is 30.9 Å². The highest BCUT2D eigenvalue weighted by Gasteiger charge is 2.21. The van der Waals surface area contributed by atoms with Crippen molar-refractivity contribution in [2.45, 2.75) is 25.3 Å². The summed E-state index contributed by atoms with van der Waals surface area (Å²) in [6.45, 7) is 7.31. The van der Waals surface area contributed by atoms with Crippen LogP contribution in [0.4, 0.5) is 0 Å². The number of hydrogen-bond donors (Lipinski definition) is 2. The lowest BCUT2D eigenvalue weighted by Crippen LogP contribution is -2.37. The molecule has 0 saturated carbocycles. The van der Waals surface area contributed by atoms with Crippen molar-refractivity contribution in [1.29, 1.82) is 0 Å². The van der Waals surface area contributed by atoms with Gasteiger partial charge in [-0.05, 0) is 45.6 Å². The van der Waals surface area contributed by atoms with Gasteiger partial charge in [0.25, 0.3) is 0 Å². The van der Waals surface area contributed by atoms with Crippen molar-refractivity contribution in [3.8, 4) is 5.75 Å². The molecule has 1 saturated heterocycles. The van der Waals surface area contributed by atoms with Gasteiger partial charge in [-0.25, -0.2) is 0 Å². The van der Waals surface area contributed by atoms with E-state index in [-0.39, 0.29) is 6.04 Å². The van der Waals surface area contributed by atoms with Gasteiger partial charge in [-0.2, -0.15) is 0 Å². The number of rotatable bonds is 5. The molecule has 2 aliphatic heterocycles. The minimum absolute atomic E-state index is 0.190. The van der Waals surface area contributed by atoms with Gasteiger partial charge in [-0.3, -0.25) is 4.99 Å². The van der Waals surface area contributed by atoms with Crippen LogP contribution >= 0.6 is 0 Å². The summed E-state index contributed by atoms with van der Waals surface area (Å²) in [5, 5.41) is 3.36. The Kier molecular flexibility index (Phi) is 6.53. The smallest absolute Gasteiger partial charge is 0.189 e. The highest BCUT2D eigenvalue weighted by molar-refractivity contribution is 5.78. The molecule has 6 nitrogen and oxygen atoms in total. The summed E-state index contributed by atoms with van der Waals surface area (Å²) in [5.41, 5.74) is 7.27. The first-order chi connectivity index (χ1) is 12.2. The molecule has 0 radical (unpaired) electrons. The van der Waals surface area contributed by atoms with E-state index in [1.807, 2.05) is 18.2 Å². The number of ether oxygens (including phenoxy) is 1. The molecule has 0 spiro atoms. The number of fused-ring (bicyclic) bond motifs is 1. The Morgan fingerprint density at radius 1 is 1.28 bits per heavy atom. The van der Waals surface area contributed by atoms with Gasteiger partial charge in [0.1, 0.15) is 5.75 Å². The van der Waals surface area contributed by atoms with Gasteiger partial charge in [-0.15, -0.1) is 0 Å². The summed E-state index contributed by atoms with van der Waals surface area (Å²) >= 11 is 0. The first kappa shape index (κ1) is 18.0. The van der Waals surface area contributed by atoms with Gasteiger partial charge in [0.2, 0.25) is 0 Å². The lowest BCUT2D eigenvalue weighted by Gasteiger charge is -2.27. The molecule has 1 atom stereocenters. The molecule has 3 rings (SSSR count). The highest BCUT2D eigenvalue weighted by atomic mass is 16.5. The van der Waals surface area contributed by atoms with Crippen LogP contribution in [0.2, 0.25) is 0 Å². The lowest BCUT2D eigenvalue weighted by atomic mass is 10.0. The van der Waals surface area contributed by atoms with Gasteiger partial charge in [0, 0.05) is 31.6 Å². The molecule has 6 heteroatoms. The van der Waals surface area contributed by atoms with E-state index in [2.05, 4.69) is 33.2 Å². The minimum Gasteiger partial charge on any atom is -0.493 e. The van der Waals surface area contributed by atoms with Gasteiger partial charge in [0.05, 0.1) is 12.6 Å². The quantitative estimate of drug-likeness (QED) is 0.480. The van der Waals surface area contributed by atoms with Crippen LogP contribution in [0.25, 0.3) is 0 Å². The predicted molar refractivity (Wildman–Crippen MR) is 102 cm³/mol. The zero-order chi connectivity index (χ0) is 17.5. The van der Waals surface area contributed by atoms with E-state index in [0.29, 0.717) is 12.6 Å². The Morgan fingerprint density at radius 2 is 2.16 bits per heavy atom. The second kappa shape index (κ2) is 9.06. The number of nitrogens with one attached hydrogen (secondary N) is 1. The fourth-order valence-electron chi connectivity index (χ4n) is 3.53. The molecule has 1 aromatic carbocycles. The maximum atomic E-state index is 6.10. The van der Waals surface area contributed by atoms with Gasteiger partial charge < -0.3 is 25.6 Å². The molecule has 25 heavy (non-hydrogen) atoms. The first-order valence-electron chi connectivity index (χ1n) is 9.41. The predicted octanol–water partition coefficient (Wildman–Crippen LogP) is 1.44. The van der Waals surface area contributed by atoms with Crippen molar-refractivity contribution in [3.63, 3.8) is 0 Å². The molecule has 2 aliphatic rings. The van der Waals surface area contributed by atoms with Crippen molar-refractivity contribution >= 4 is 5.96 Å². The van der Waals surface area contributed by atoms with E-state index >= 15 is 0 Å². The van der Waals surface area contributed by atoms with Crippen LogP contribution in [0, 0.1) is 0 Å². The zero-order valence-corrected chi connectivity index (χ0v) is 15.3. The third kappa shape index (κ3) is 5.34. The van der Waals surface area contributed by atoms with Crippen molar-refractivity contribution in [2.24, 2.45) is 10.7 Å². The molecule has 0 aliphatic carbocycles. The Labute approximate surface area is 151 Å². The largest absolute Gasteiger partial charge is 0.493 e. The summed E-state index contributed by atoms with van der Waals surface area (Å²) in [6, 6.07) is 8.33. The number of likely N-dealkylation sites (N-methyl/N-ethyl adjacent to an activating group) is 1. The van der Waals surface area contributed by atoms with Crippen molar-refractivity contribution < 1.29 is 4.74 Å². The number of para-hydroxylation sites is 1. The molecule has 3 N–H and O–H groups in total. The Bertz CT molecular complexity index is 577. The molecule has 0 bridgehead atoms. The van der Waals surface area contributed by atoms with E-state index < -0.39 is 0 Å². The third-order valence-corrected chi connectivity index (χ3v) is 5.01. The van der Waals surface area contributed by atoms with Gasteiger partial charge in [0.15, 0.2) is 5.96 Å². The van der Waals surface area contributed by atoms with Crippen molar-refractivity contribution in [3.05, 3.63) is 29.8 Å². The zero-order valence-electron chi connectivity index (χ0n) is 15.3. The second-order valence-corrected chi connectivity index (χ2v) is 6.99.